The summed E-state index contributed by atoms with van der Waals surface area (Å²) in [6, 6.07) is 18.7. The van der Waals surface area contributed by atoms with Crippen molar-refractivity contribution in [1.82, 2.24) is 9.47 Å². The van der Waals surface area contributed by atoms with Crippen molar-refractivity contribution in [2.45, 2.75) is 39.7 Å². The highest BCUT2D eigenvalue weighted by molar-refractivity contribution is 6.19. The molecule has 0 spiro atoms. The van der Waals surface area contributed by atoms with E-state index in [1.54, 1.807) is 11.0 Å². The summed E-state index contributed by atoms with van der Waals surface area (Å²) >= 11 is 6.06. The van der Waals surface area contributed by atoms with Gasteiger partial charge in [0.05, 0.1) is 17.5 Å². The summed E-state index contributed by atoms with van der Waals surface area (Å²) in [5, 5.41) is 0. The van der Waals surface area contributed by atoms with E-state index in [1.807, 2.05) is 67.1 Å². The van der Waals surface area contributed by atoms with E-state index >= 15 is 0 Å². The van der Waals surface area contributed by atoms with Crippen LogP contribution in [0.1, 0.15) is 36.2 Å². The highest BCUT2D eigenvalue weighted by Crippen LogP contribution is 2.30. The standard InChI is InChI=1S/C25H26ClF3N2O/c1-24(2,18-26)23(32)31(15-19-8-4-3-5-9-19)17-22-12-7-13-30(22)16-20-10-6-11-21(14-20)25(27,28)29/h3-14H,15-18H2,1-2H3. The predicted molar refractivity (Wildman–Crippen MR) is 120 cm³/mol. The average molecular weight is 463 g/mol. The monoisotopic (exact) mass is 462 g/mol. The molecule has 0 atom stereocenters. The molecule has 0 aliphatic rings. The van der Waals surface area contributed by atoms with Gasteiger partial charge >= 0.3 is 6.18 Å². The molecule has 7 heteroatoms. The van der Waals surface area contributed by atoms with Crippen LogP contribution in [0.2, 0.25) is 0 Å². The number of carbonyl (C=O) groups is 1. The Kier molecular flexibility index (Phi) is 7.34. The average Bonchev–Trinajstić information content (AvgIpc) is 3.19. The van der Waals surface area contributed by atoms with Crippen molar-refractivity contribution in [1.29, 1.82) is 0 Å². The molecule has 0 unspecified atom stereocenters. The van der Waals surface area contributed by atoms with Gasteiger partial charge in [0, 0.05) is 30.9 Å². The summed E-state index contributed by atoms with van der Waals surface area (Å²) in [6.07, 6.45) is -2.57. The van der Waals surface area contributed by atoms with E-state index in [1.165, 1.54) is 6.07 Å². The molecule has 3 aromatic rings. The van der Waals surface area contributed by atoms with Gasteiger partial charge in [-0.05, 0) is 49.2 Å². The van der Waals surface area contributed by atoms with Crippen molar-refractivity contribution in [3.63, 3.8) is 0 Å². The van der Waals surface area contributed by atoms with Crippen molar-refractivity contribution < 1.29 is 18.0 Å². The fourth-order valence-electron chi connectivity index (χ4n) is 3.47. The molecule has 0 N–H and O–H groups in total. The van der Waals surface area contributed by atoms with E-state index in [2.05, 4.69) is 0 Å². The smallest absolute Gasteiger partial charge is 0.345 e. The minimum Gasteiger partial charge on any atom is -0.345 e. The third-order valence-electron chi connectivity index (χ3n) is 5.30. The van der Waals surface area contributed by atoms with Gasteiger partial charge in [-0.3, -0.25) is 4.79 Å². The Labute approximate surface area is 191 Å². The van der Waals surface area contributed by atoms with Gasteiger partial charge in [-0.15, -0.1) is 11.6 Å². The fourth-order valence-corrected chi connectivity index (χ4v) is 3.59. The van der Waals surface area contributed by atoms with Crippen molar-refractivity contribution in [2.24, 2.45) is 5.41 Å². The van der Waals surface area contributed by atoms with Crippen LogP contribution in [0.15, 0.2) is 72.9 Å². The van der Waals surface area contributed by atoms with Gasteiger partial charge in [0.25, 0.3) is 0 Å². The second kappa shape index (κ2) is 9.82. The summed E-state index contributed by atoms with van der Waals surface area (Å²) < 4.78 is 41.1. The topological polar surface area (TPSA) is 25.2 Å². The van der Waals surface area contributed by atoms with Gasteiger partial charge in [-0.1, -0.05) is 42.5 Å². The third kappa shape index (κ3) is 5.94. The molecule has 32 heavy (non-hydrogen) atoms. The summed E-state index contributed by atoms with van der Waals surface area (Å²) in [5.74, 6) is 0.103. The van der Waals surface area contributed by atoms with Crippen LogP contribution in [-0.4, -0.2) is 21.3 Å². The summed E-state index contributed by atoms with van der Waals surface area (Å²) in [5.41, 5.74) is 0.946. The second-order valence-corrected chi connectivity index (χ2v) is 8.76. The lowest BCUT2D eigenvalue weighted by Crippen LogP contribution is -2.41. The minimum absolute atomic E-state index is 0.0804. The maximum Gasteiger partial charge on any atom is 0.416 e. The molecule has 1 aromatic heterocycles. The largest absolute Gasteiger partial charge is 0.416 e. The Hall–Kier alpha value is -2.73. The number of aromatic nitrogens is 1. The van der Waals surface area contributed by atoms with Gasteiger partial charge in [0.15, 0.2) is 0 Å². The molecule has 0 aliphatic heterocycles. The Bertz CT molecular complexity index is 1040. The van der Waals surface area contributed by atoms with E-state index < -0.39 is 17.2 Å². The molecule has 1 amide bonds. The Morgan fingerprint density at radius 2 is 1.62 bits per heavy atom. The first-order chi connectivity index (χ1) is 15.1. The molecule has 3 nitrogen and oxygen atoms in total. The van der Waals surface area contributed by atoms with Gasteiger partial charge < -0.3 is 9.47 Å². The zero-order valence-corrected chi connectivity index (χ0v) is 18.8. The van der Waals surface area contributed by atoms with E-state index in [9.17, 15) is 18.0 Å². The molecule has 0 aliphatic carbocycles. The zero-order chi connectivity index (χ0) is 23.4. The van der Waals surface area contributed by atoms with Crippen LogP contribution in [-0.2, 0) is 30.6 Å². The van der Waals surface area contributed by atoms with Crippen LogP contribution in [0.4, 0.5) is 13.2 Å². The molecule has 3 rings (SSSR count). The number of benzene rings is 2. The number of hydrogen-bond acceptors (Lipinski definition) is 1. The van der Waals surface area contributed by atoms with Crippen LogP contribution >= 0.6 is 11.6 Å². The SMILES string of the molecule is CC(C)(CCl)C(=O)N(Cc1ccccc1)Cc1cccn1Cc1cccc(C(F)(F)F)c1. The third-order valence-corrected chi connectivity index (χ3v) is 5.97. The lowest BCUT2D eigenvalue weighted by atomic mass is 9.94. The summed E-state index contributed by atoms with van der Waals surface area (Å²) in [6.45, 7) is 4.62. The molecular formula is C25H26ClF3N2O. The van der Waals surface area contributed by atoms with Crippen molar-refractivity contribution in [2.75, 3.05) is 5.88 Å². The first kappa shape index (κ1) is 23.9. The normalized spacial score (nSPS) is 12.1. The van der Waals surface area contributed by atoms with E-state index in [0.29, 0.717) is 18.7 Å². The first-order valence-corrected chi connectivity index (χ1v) is 10.8. The molecule has 2 aromatic carbocycles. The Balaban J connectivity index is 1.85. The lowest BCUT2D eigenvalue weighted by Gasteiger charge is -2.31. The predicted octanol–water partition coefficient (Wildman–Crippen LogP) is 6.35. The Morgan fingerprint density at radius 3 is 2.28 bits per heavy atom. The number of carbonyl (C=O) groups excluding carboxylic acids is 1. The van der Waals surface area contributed by atoms with Crippen molar-refractivity contribution in [3.05, 3.63) is 95.3 Å². The van der Waals surface area contributed by atoms with Gasteiger partial charge in [0.1, 0.15) is 0 Å². The quantitative estimate of drug-likeness (QED) is 0.358. The molecule has 0 radical (unpaired) electrons. The number of rotatable bonds is 8. The first-order valence-electron chi connectivity index (χ1n) is 10.3. The van der Waals surface area contributed by atoms with E-state index in [-0.39, 0.29) is 18.3 Å². The summed E-state index contributed by atoms with van der Waals surface area (Å²) in [4.78, 5) is 15.0. The van der Waals surface area contributed by atoms with Crippen LogP contribution in [0.25, 0.3) is 0 Å². The fraction of sp³-hybridized carbons (Fsp3) is 0.320. The second-order valence-electron chi connectivity index (χ2n) is 8.49. The molecule has 0 bridgehead atoms. The van der Waals surface area contributed by atoms with Crippen LogP contribution in [0.3, 0.4) is 0 Å². The van der Waals surface area contributed by atoms with Crippen LogP contribution in [0, 0.1) is 5.41 Å². The molecule has 170 valence electrons. The maximum absolute atomic E-state index is 13.3. The number of amides is 1. The molecule has 0 saturated heterocycles. The number of hydrogen-bond donors (Lipinski definition) is 0. The number of halogens is 4. The summed E-state index contributed by atoms with van der Waals surface area (Å²) in [7, 11) is 0. The molecular weight excluding hydrogens is 437 g/mol. The van der Waals surface area contributed by atoms with E-state index in [4.69, 9.17) is 11.6 Å². The molecule has 0 saturated carbocycles. The zero-order valence-electron chi connectivity index (χ0n) is 18.1. The van der Waals surface area contributed by atoms with Crippen LogP contribution < -0.4 is 0 Å². The highest BCUT2D eigenvalue weighted by atomic mass is 35.5. The number of nitrogens with zero attached hydrogens (tertiary/aromatic N) is 2. The molecule has 0 fully saturated rings. The van der Waals surface area contributed by atoms with E-state index in [0.717, 1.165) is 23.4 Å². The molecule has 1 heterocycles. The highest BCUT2D eigenvalue weighted by Gasteiger charge is 2.32. The van der Waals surface area contributed by atoms with Gasteiger partial charge in [-0.2, -0.15) is 13.2 Å². The van der Waals surface area contributed by atoms with Gasteiger partial charge in [-0.25, -0.2) is 0 Å². The maximum atomic E-state index is 13.3. The lowest BCUT2D eigenvalue weighted by molar-refractivity contribution is -0.140. The number of alkyl halides is 4. The van der Waals surface area contributed by atoms with Crippen molar-refractivity contribution in [3.8, 4) is 0 Å². The van der Waals surface area contributed by atoms with Gasteiger partial charge in [0.2, 0.25) is 5.91 Å². The van der Waals surface area contributed by atoms with Crippen molar-refractivity contribution >= 4 is 17.5 Å². The minimum atomic E-state index is -4.39. The van der Waals surface area contributed by atoms with Crippen LogP contribution in [0.5, 0.6) is 0 Å². The Morgan fingerprint density at radius 1 is 0.938 bits per heavy atom.